The summed E-state index contributed by atoms with van der Waals surface area (Å²) in [7, 11) is 0. The molecule has 0 aliphatic carbocycles. The van der Waals surface area contributed by atoms with Crippen LogP contribution in [0.5, 0.6) is 0 Å². The third kappa shape index (κ3) is 21.8. The van der Waals surface area contributed by atoms with Gasteiger partial charge in [-0.15, -0.1) is 0 Å². The fourth-order valence-corrected chi connectivity index (χ4v) is 21.0. The summed E-state index contributed by atoms with van der Waals surface area (Å²) in [5, 5.41) is 63.9. The number of rotatable bonds is 33. The van der Waals surface area contributed by atoms with E-state index in [2.05, 4.69) is 18.2 Å². The van der Waals surface area contributed by atoms with Gasteiger partial charge in [0, 0.05) is 76.0 Å². The summed E-state index contributed by atoms with van der Waals surface area (Å²) in [5.41, 5.74) is -10.4. The van der Waals surface area contributed by atoms with Crippen molar-refractivity contribution in [2.24, 2.45) is 21.7 Å². The fourth-order valence-electron chi connectivity index (χ4n) is 21.0. The highest BCUT2D eigenvalue weighted by Crippen LogP contribution is 2.50. The lowest BCUT2D eigenvalue weighted by Gasteiger charge is -2.48. The van der Waals surface area contributed by atoms with E-state index in [1.54, 1.807) is 30.4 Å². The minimum atomic E-state index is -1.76. The van der Waals surface area contributed by atoms with Crippen molar-refractivity contribution in [3.63, 3.8) is 0 Å². The Kier molecular flexibility index (Phi) is 30.3. The predicted octanol–water partition coefficient (Wildman–Crippen LogP) is 13.3. The number of unbranched alkanes of at least 4 members (excludes halogenated alkanes) is 3. The van der Waals surface area contributed by atoms with Gasteiger partial charge in [0.25, 0.3) is 0 Å². The number of benzene rings is 1. The van der Waals surface area contributed by atoms with Crippen molar-refractivity contribution in [2.45, 2.75) is 471 Å². The Labute approximate surface area is 685 Å². The van der Waals surface area contributed by atoms with Gasteiger partial charge in [0.05, 0.1) is 67.5 Å². The maximum Gasteiger partial charge on any atom is 0.323 e. The Morgan fingerprint density at radius 2 is 0.544 bits per heavy atom. The van der Waals surface area contributed by atoms with Gasteiger partial charge in [-0.2, -0.15) is 0 Å². The van der Waals surface area contributed by atoms with E-state index in [0.717, 1.165) is 16.7 Å². The standard InChI is InChI=1S/C90H156N6O18/c1-28-31-42-88(70(97)109-64-49-78(8,9)92(104)79(10,11)50-64,71(98)110-65-51-80(12,13)93(105)81(14,15)52-65)45-34-37-61-40-41-62(38-35-46-90(44-33-30-3,74(101)113-68-57-86(24,25)96(108)87(26,27)58-68)75(102)114-69-59-77(6,7)91(103)60-76(69,4)5)63(48-61)39-36-47-89(43-32-29-2,72(99)111-66-53-82(16,17)94(106)83(18,19)54-66)73(100)112-67-55-84(20,21)95(107)85(22,23)56-67/h40-41,48,64-69,103-108H,28-39,42-47,49-60H2,1-27H3/p+6. The quantitative estimate of drug-likeness (QED) is 0.0273. The van der Waals surface area contributed by atoms with Crippen molar-refractivity contribution in [1.82, 2.24) is 30.4 Å². The number of esters is 6. The van der Waals surface area contributed by atoms with Gasteiger partial charge < -0.3 is 59.7 Å². The summed E-state index contributed by atoms with van der Waals surface area (Å²) in [6.45, 7) is 53.8. The molecule has 6 fully saturated rings. The van der Waals surface area contributed by atoms with Crippen LogP contribution in [0.2, 0.25) is 0 Å². The van der Waals surface area contributed by atoms with Crippen molar-refractivity contribution in [1.29, 1.82) is 0 Å². The summed E-state index contributed by atoms with van der Waals surface area (Å²) in [4.78, 5) is 94.6. The monoisotopic (exact) mass is 1620 g/mol. The molecule has 7 rings (SSSR count). The molecule has 0 bridgehead atoms. The Balaban J connectivity index is 1.34. The molecule has 24 nitrogen and oxygen atoms in total. The lowest BCUT2D eigenvalue weighted by atomic mass is 9.74. The van der Waals surface area contributed by atoms with E-state index in [9.17, 15) is 0 Å². The maximum atomic E-state index is 15.8. The van der Waals surface area contributed by atoms with E-state index in [4.69, 9.17) is 59.7 Å². The van der Waals surface area contributed by atoms with E-state index < -0.39 is 155 Å². The van der Waals surface area contributed by atoms with Gasteiger partial charge in [-0.1, -0.05) is 122 Å². The number of ether oxygens (including phenoxy) is 6. The summed E-state index contributed by atoms with van der Waals surface area (Å²) >= 11 is 0. The molecule has 0 aromatic heterocycles. The minimum Gasteiger partial charge on any atom is -0.461 e. The number of nitrogens with zero attached hydrogens (tertiary/aromatic N) is 6. The Bertz CT molecular complexity index is 3280. The van der Waals surface area contributed by atoms with E-state index in [1.807, 2.05) is 187 Å². The van der Waals surface area contributed by atoms with Crippen LogP contribution in [-0.4, -0.2) is 202 Å². The highest BCUT2D eigenvalue weighted by Gasteiger charge is 2.61. The van der Waals surface area contributed by atoms with Crippen LogP contribution >= 0.6 is 0 Å². The molecular weight excluding hydrogens is 1450 g/mol. The lowest BCUT2D eigenvalue weighted by molar-refractivity contribution is -0.263. The molecule has 6 aliphatic rings. The topological polar surface area (TPSA) is 315 Å². The molecule has 6 saturated heterocycles. The summed E-state index contributed by atoms with van der Waals surface area (Å²) < 4.78 is 40.2. The van der Waals surface area contributed by atoms with Gasteiger partial charge in [0.2, 0.25) is 0 Å². The molecule has 1 aromatic rings. The van der Waals surface area contributed by atoms with Crippen LogP contribution in [0.3, 0.4) is 0 Å². The van der Waals surface area contributed by atoms with E-state index in [1.165, 1.54) is 0 Å². The first-order chi connectivity index (χ1) is 52.1. The molecule has 0 saturated carbocycles. The molecule has 114 heavy (non-hydrogen) atoms. The maximum absolute atomic E-state index is 15.8. The van der Waals surface area contributed by atoms with E-state index >= 15 is 28.8 Å². The predicted molar refractivity (Wildman–Crippen MR) is 447 cm³/mol. The second-order valence-electron chi connectivity index (χ2n) is 43.7. The first-order valence-corrected chi connectivity index (χ1v) is 43.5. The van der Waals surface area contributed by atoms with Gasteiger partial charge in [-0.25, -0.2) is 0 Å². The summed E-state index contributed by atoms with van der Waals surface area (Å²) in [5.74, 6) is -3.84. The minimum absolute atomic E-state index is 0.0634. The number of hydrogen-bond donors (Lipinski definition) is 0. The fraction of sp³-hybridized carbons (Fsp3) is 0.867. The van der Waals surface area contributed by atoms with E-state index in [0.29, 0.717) is 154 Å². The van der Waals surface area contributed by atoms with Crippen molar-refractivity contribution >= 4 is 35.8 Å². The number of piperidine rings is 6. The molecule has 0 radical (unpaired) electrons. The lowest BCUT2D eigenvalue weighted by Crippen LogP contribution is -2.61. The SMILES string of the molecule is CCCCC(CCCc1ccc(CCCC(CCCC)(C(=O)OC2CC(C)(C)N([OH2+])C(C)(C)C2)C(=O)OC2CC(C)(C)N([OH2+])CC2(C)C)c(CCCC(CCCC)(C(=O)OC2CC(C)(C)N([OH2+])C(C)(C)C2)C(=O)OC2CC(C)(C)N([OH2+])C(C)(C)C2)c1)(C(=O)OC1CC(C)(C)N([OH2+])C(C)(C)C1)C(=O)OC1CC(C)(C)N([OH2+])C(C)(C)C1. The summed E-state index contributed by atoms with van der Waals surface area (Å²) in [6, 6.07) is 6.30. The average Bonchev–Trinajstić information content (AvgIpc) is 0.784. The van der Waals surface area contributed by atoms with Crippen LogP contribution in [0.4, 0.5) is 0 Å². The Morgan fingerprint density at radius 3 is 0.798 bits per heavy atom. The second kappa shape index (κ2) is 35.7. The van der Waals surface area contributed by atoms with Crippen LogP contribution in [0.15, 0.2) is 18.2 Å². The molecule has 2 atom stereocenters. The smallest absolute Gasteiger partial charge is 0.323 e. The molecule has 0 spiro atoms. The van der Waals surface area contributed by atoms with Crippen LogP contribution in [0, 0.1) is 21.7 Å². The highest BCUT2D eigenvalue weighted by atomic mass is 16.6. The molecule has 1 aromatic carbocycles. The number of aryl methyl sites for hydroxylation is 3. The molecule has 12 N–H and O–H groups in total. The number of hydroxylamine groups is 12. The normalized spacial score (nSPS) is 25.4. The van der Waals surface area contributed by atoms with Gasteiger partial charge >= 0.3 is 35.8 Å². The van der Waals surface area contributed by atoms with Crippen molar-refractivity contribution in [3.8, 4) is 0 Å². The zero-order chi connectivity index (χ0) is 86.2. The number of carbonyl (C=O) groups is 6. The number of carbonyl (C=O) groups excluding carboxylic acids is 6. The molecule has 24 heteroatoms. The van der Waals surface area contributed by atoms with Crippen LogP contribution in [0.1, 0.15) is 371 Å². The number of hydrogen-bond acceptors (Lipinski definition) is 18. The van der Waals surface area contributed by atoms with Gasteiger partial charge in [0.15, 0.2) is 16.2 Å². The third-order valence-corrected chi connectivity index (χ3v) is 27.5. The Morgan fingerprint density at radius 1 is 0.316 bits per heavy atom. The zero-order valence-electron chi connectivity index (χ0n) is 76.0. The molecular formula is C90H162N6O18+6. The average molecular weight is 1620 g/mol. The van der Waals surface area contributed by atoms with Gasteiger partial charge in [0.1, 0.15) is 36.6 Å². The zero-order valence-corrected chi connectivity index (χ0v) is 76.0. The molecule has 654 valence electrons. The van der Waals surface area contributed by atoms with Crippen molar-refractivity contribution in [3.05, 3.63) is 34.9 Å². The molecule has 2 unspecified atom stereocenters. The summed E-state index contributed by atoms with van der Waals surface area (Å²) in [6.07, 6.45) is 7.09. The molecule has 0 amide bonds. The first-order valence-electron chi connectivity index (χ1n) is 43.5. The largest absolute Gasteiger partial charge is 0.461 e. The van der Waals surface area contributed by atoms with Gasteiger partial charge in [-0.3, -0.25) is 28.8 Å². The van der Waals surface area contributed by atoms with Crippen LogP contribution in [0.25, 0.3) is 0 Å². The van der Waals surface area contributed by atoms with Crippen molar-refractivity contribution in [2.75, 3.05) is 6.54 Å². The van der Waals surface area contributed by atoms with Crippen molar-refractivity contribution < 1.29 is 88.4 Å². The second-order valence-corrected chi connectivity index (χ2v) is 43.7. The van der Waals surface area contributed by atoms with Crippen LogP contribution in [-0.2, 0) is 76.5 Å². The van der Waals surface area contributed by atoms with E-state index in [-0.39, 0.29) is 38.5 Å². The highest BCUT2D eigenvalue weighted by molar-refractivity contribution is 6.01. The molecule has 6 heterocycles. The van der Waals surface area contributed by atoms with Gasteiger partial charge in [-0.05, 0) is 246 Å². The molecule has 6 aliphatic heterocycles. The van der Waals surface area contributed by atoms with Crippen LogP contribution < -0.4 is 0 Å². The Hall–Kier alpha value is -4.44. The third-order valence-electron chi connectivity index (χ3n) is 27.5. The first kappa shape index (κ1) is 96.7.